The minimum Gasteiger partial charge on any atom is -0.388 e. The van der Waals surface area contributed by atoms with Crippen molar-refractivity contribution in [2.75, 3.05) is 11.4 Å². The maximum absolute atomic E-state index is 7.38. The summed E-state index contributed by atoms with van der Waals surface area (Å²) >= 11 is 0. The van der Waals surface area contributed by atoms with Gasteiger partial charge in [-0.05, 0) is 31.4 Å². The number of aryl methyl sites for hydroxylation is 1. The highest BCUT2D eigenvalue weighted by Gasteiger charge is 2.21. The molecule has 0 amide bonds. The fraction of sp³-hybridized carbons (Fsp3) is 0.462. The van der Waals surface area contributed by atoms with E-state index in [1.807, 2.05) is 0 Å². The summed E-state index contributed by atoms with van der Waals surface area (Å²) in [5.41, 5.74) is 8.22. The third-order valence-corrected chi connectivity index (χ3v) is 3.19. The van der Waals surface area contributed by atoms with Crippen molar-refractivity contribution in [1.82, 2.24) is 0 Å². The van der Waals surface area contributed by atoms with Crippen LogP contribution in [0.1, 0.15) is 25.3 Å². The first-order chi connectivity index (χ1) is 7.68. The molecule has 16 heavy (non-hydrogen) atoms. The first-order valence-electron chi connectivity index (χ1n) is 5.86. The second kappa shape index (κ2) is 4.56. The van der Waals surface area contributed by atoms with E-state index in [0.717, 1.165) is 6.54 Å². The number of anilines is 1. The summed E-state index contributed by atoms with van der Waals surface area (Å²) < 4.78 is 0. The molecule has 0 fully saturated rings. The predicted octanol–water partition coefficient (Wildman–Crippen LogP) is 2.15. The normalized spacial score (nSPS) is 16.7. The van der Waals surface area contributed by atoms with Crippen molar-refractivity contribution in [3.05, 3.63) is 29.8 Å². The Kier molecular flexibility index (Phi) is 3.13. The van der Waals surface area contributed by atoms with Crippen molar-refractivity contribution < 1.29 is 0 Å². The molecule has 1 atom stereocenters. The van der Waals surface area contributed by atoms with Crippen LogP contribution in [0.2, 0.25) is 0 Å². The number of nitrogens with two attached hydrogens (primary N) is 1. The Labute approximate surface area is 96.8 Å². The van der Waals surface area contributed by atoms with Crippen molar-refractivity contribution >= 4 is 11.5 Å². The molecule has 0 aliphatic carbocycles. The van der Waals surface area contributed by atoms with E-state index in [2.05, 4.69) is 36.1 Å². The summed E-state index contributed by atoms with van der Waals surface area (Å²) in [4.78, 5) is 2.38. The molecule has 0 aromatic heterocycles. The molecule has 0 saturated carbocycles. The van der Waals surface area contributed by atoms with Crippen LogP contribution in [-0.2, 0) is 6.42 Å². The number of hydrogen-bond donors (Lipinski definition) is 2. The second-order valence-corrected chi connectivity index (χ2v) is 4.50. The number of fused-ring (bicyclic) bond motifs is 1. The van der Waals surface area contributed by atoms with Crippen LogP contribution in [0, 0.1) is 5.41 Å². The van der Waals surface area contributed by atoms with Gasteiger partial charge >= 0.3 is 0 Å². The highest BCUT2D eigenvalue weighted by Crippen LogP contribution is 2.28. The maximum Gasteiger partial charge on any atom is 0.0925 e. The summed E-state index contributed by atoms with van der Waals surface area (Å²) in [6.45, 7) is 3.22. The molecule has 1 unspecified atom stereocenters. The van der Waals surface area contributed by atoms with Gasteiger partial charge in [0.25, 0.3) is 0 Å². The third-order valence-electron chi connectivity index (χ3n) is 3.19. The van der Waals surface area contributed by atoms with Gasteiger partial charge in [0.2, 0.25) is 0 Å². The SMILES string of the molecule is CC(CC(=N)N)N1CCCc2ccccc21. The Bertz CT molecular complexity index is 387. The van der Waals surface area contributed by atoms with Crippen LogP contribution in [-0.4, -0.2) is 18.4 Å². The number of para-hydroxylation sites is 1. The maximum atomic E-state index is 7.38. The minimum absolute atomic E-state index is 0.274. The number of nitrogens with one attached hydrogen (secondary N) is 1. The van der Waals surface area contributed by atoms with E-state index in [9.17, 15) is 0 Å². The molecular weight excluding hydrogens is 198 g/mol. The lowest BCUT2D eigenvalue weighted by Gasteiger charge is -2.36. The van der Waals surface area contributed by atoms with Gasteiger partial charge in [-0.15, -0.1) is 0 Å². The van der Waals surface area contributed by atoms with E-state index in [4.69, 9.17) is 11.1 Å². The van der Waals surface area contributed by atoms with Gasteiger partial charge in [-0.25, -0.2) is 0 Å². The largest absolute Gasteiger partial charge is 0.388 e. The van der Waals surface area contributed by atoms with E-state index in [-0.39, 0.29) is 5.84 Å². The zero-order valence-corrected chi connectivity index (χ0v) is 9.74. The van der Waals surface area contributed by atoms with E-state index in [1.165, 1.54) is 24.1 Å². The smallest absolute Gasteiger partial charge is 0.0925 e. The molecule has 3 N–H and O–H groups in total. The quantitative estimate of drug-likeness (QED) is 0.602. The molecule has 0 radical (unpaired) electrons. The average Bonchev–Trinajstić information content (AvgIpc) is 2.27. The molecule has 1 aromatic rings. The summed E-state index contributed by atoms with van der Waals surface area (Å²) in [7, 11) is 0. The van der Waals surface area contributed by atoms with Crippen molar-refractivity contribution in [3.8, 4) is 0 Å². The van der Waals surface area contributed by atoms with Crippen LogP contribution >= 0.6 is 0 Å². The molecule has 0 bridgehead atoms. The molecule has 1 heterocycles. The molecule has 0 spiro atoms. The third kappa shape index (κ3) is 2.18. The van der Waals surface area contributed by atoms with Gasteiger partial charge in [-0.2, -0.15) is 0 Å². The van der Waals surface area contributed by atoms with Crippen LogP contribution in [0.4, 0.5) is 5.69 Å². The van der Waals surface area contributed by atoms with Crippen LogP contribution in [0.25, 0.3) is 0 Å². The van der Waals surface area contributed by atoms with Crippen LogP contribution in [0.15, 0.2) is 24.3 Å². The molecule has 1 aliphatic heterocycles. The lowest BCUT2D eigenvalue weighted by atomic mass is 9.99. The van der Waals surface area contributed by atoms with Gasteiger partial charge < -0.3 is 10.6 Å². The molecule has 2 rings (SSSR count). The second-order valence-electron chi connectivity index (χ2n) is 4.50. The van der Waals surface area contributed by atoms with E-state index in [1.54, 1.807) is 0 Å². The first-order valence-corrected chi connectivity index (χ1v) is 5.86. The van der Waals surface area contributed by atoms with Crippen LogP contribution in [0.5, 0.6) is 0 Å². The first kappa shape index (κ1) is 11.0. The molecule has 3 heteroatoms. The minimum atomic E-state index is 0.274. The Morgan fingerprint density at radius 2 is 2.25 bits per heavy atom. The fourth-order valence-corrected chi connectivity index (χ4v) is 2.45. The zero-order chi connectivity index (χ0) is 11.5. The Hall–Kier alpha value is -1.51. The molecule has 0 saturated heterocycles. The van der Waals surface area contributed by atoms with E-state index in [0.29, 0.717) is 12.5 Å². The molecule has 1 aromatic carbocycles. The molecule has 86 valence electrons. The van der Waals surface area contributed by atoms with E-state index >= 15 is 0 Å². The lowest BCUT2D eigenvalue weighted by molar-refractivity contribution is 0.604. The highest BCUT2D eigenvalue weighted by molar-refractivity contribution is 5.78. The Balaban J connectivity index is 2.21. The molecular formula is C13H19N3. The van der Waals surface area contributed by atoms with Gasteiger partial charge in [-0.3, -0.25) is 5.41 Å². The van der Waals surface area contributed by atoms with Crippen molar-refractivity contribution in [3.63, 3.8) is 0 Å². The lowest BCUT2D eigenvalue weighted by Crippen LogP contribution is -2.39. The topological polar surface area (TPSA) is 53.1 Å². The Morgan fingerprint density at radius 1 is 1.50 bits per heavy atom. The predicted molar refractivity (Wildman–Crippen MR) is 68.1 cm³/mol. The number of nitrogens with zero attached hydrogens (tertiary/aromatic N) is 1. The van der Waals surface area contributed by atoms with E-state index < -0.39 is 0 Å². The van der Waals surface area contributed by atoms with Gasteiger partial charge in [0.1, 0.15) is 0 Å². The zero-order valence-electron chi connectivity index (χ0n) is 9.74. The Morgan fingerprint density at radius 3 is 3.00 bits per heavy atom. The van der Waals surface area contributed by atoms with Crippen molar-refractivity contribution in [1.29, 1.82) is 5.41 Å². The van der Waals surface area contributed by atoms with Gasteiger partial charge in [0.15, 0.2) is 0 Å². The highest BCUT2D eigenvalue weighted by atomic mass is 15.2. The monoisotopic (exact) mass is 217 g/mol. The molecule has 3 nitrogen and oxygen atoms in total. The summed E-state index contributed by atoms with van der Waals surface area (Å²) in [6.07, 6.45) is 3.01. The summed E-state index contributed by atoms with van der Waals surface area (Å²) in [5.74, 6) is 0.274. The fourth-order valence-electron chi connectivity index (χ4n) is 2.45. The standard InChI is InChI=1S/C13H19N3/c1-10(9-13(14)15)16-8-4-6-11-5-2-3-7-12(11)16/h2-3,5,7,10H,4,6,8-9H2,1H3,(H3,14,15). The number of hydrogen-bond acceptors (Lipinski definition) is 2. The average molecular weight is 217 g/mol. The number of amidine groups is 1. The van der Waals surface area contributed by atoms with Gasteiger partial charge in [-0.1, -0.05) is 18.2 Å². The van der Waals surface area contributed by atoms with Crippen molar-refractivity contribution in [2.24, 2.45) is 5.73 Å². The number of benzene rings is 1. The van der Waals surface area contributed by atoms with Crippen LogP contribution in [0.3, 0.4) is 0 Å². The number of rotatable bonds is 3. The van der Waals surface area contributed by atoms with Gasteiger partial charge in [0, 0.05) is 24.7 Å². The van der Waals surface area contributed by atoms with Crippen LogP contribution < -0.4 is 10.6 Å². The molecule has 1 aliphatic rings. The van der Waals surface area contributed by atoms with Crippen molar-refractivity contribution in [2.45, 2.75) is 32.2 Å². The summed E-state index contributed by atoms with van der Waals surface area (Å²) in [5, 5.41) is 7.38. The summed E-state index contributed by atoms with van der Waals surface area (Å²) in [6, 6.07) is 8.86. The van der Waals surface area contributed by atoms with Gasteiger partial charge in [0.05, 0.1) is 5.84 Å².